The maximum absolute atomic E-state index is 5.68. The van der Waals surface area contributed by atoms with E-state index in [1.54, 1.807) is 0 Å². The summed E-state index contributed by atoms with van der Waals surface area (Å²) in [7, 11) is 2.22. The lowest BCUT2D eigenvalue weighted by Crippen LogP contribution is -2.57. The fourth-order valence-corrected chi connectivity index (χ4v) is 2.73. The van der Waals surface area contributed by atoms with Crippen LogP contribution in [0.15, 0.2) is 16.7 Å². The van der Waals surface area contributed by atoms with Crippen LogP contribution in [-0.2, 0) is 13.1 Å². The van der Waals surface area contributed by atoms with Gasteiger partial charge in [0, 0.05) is 42.8 Å². The third-order valence-corrected chi connectivity index (χ3v) is 4.41. The minimum atomic E-state index is 0.111. The highest BCUT2D eigenvalue weighted by Crippen LogP contribution is 2.22. The average molecular weight is 293 g/mol. The SMILES string of the molecule is CN1CCN(Cc2ccoc2CNC(C)(C)C)CC1(C)C. The highest BCUT2D eigenvalue weighted by atomic mass is 16.3. The maximum atomic E-state index is 5.68. The summed E-state index contributed by atoms with van der Waals surface area (Å²) in [5.41, 5.74) is 1.67. The van der Waals surface area contributed by atoms with E-state index >= 15 is 0 Å². The van der Waals surface area contributed by atoms with E-state index in [0.717, 1.165) is 38.5 Å². The molecule has 2 rings (SSSR count). The fraction of sp³-hybridized carbons (Fsp3) is 0.765. The molecular formula is C17H31N3O. The van der Waals surface area contributed by atoms with Crippen molar-refractivity contribution in [3.63, 3.8) is 0 Å². The first-order valence-corrected chi connectivity index (χ1v) is 7.91. The van der Waals surface area contributed by atoms with Gasteiger partial charge in [0.1, 0.15) is 5.76 Å². The molecular weight excluding hydrogens is 262 g/mol. The van der Waals surface area contributed by atoms with Crippen molar-refractivity contribution in [2.24, 2.45) is 0 Å². The molecule has 1 aromatic heterocycles. The predicted octanol–water partition coefficient (Wildman–Crippen LogP) is 2.69. The summed E-state index contributed by atoms with van der Waals surface area (Å²) in [6, 6.07) is 2.12. The number of likely N-dealkylation sites (N-methyl/N-ethyl adjacent to an activating group) is 1. The van der Waals surface area contributed by atoms with Crippen molar-refractivity contribution >= 4 is 0 Å². The Morgan fingerprint density at radius 2 is 2.00 bits per heavy atom. The molecule has 0 bridgehead atoms. The average Bonchev–Trinajstić information content (AvgIpc) is 2.77. The van der Waals surface area contributed by atoms with Gasteiger partial charge in [0.2, 0.25) is 0 Å². The van der Waals surface area contributed by atoms with Gasteiger partial charge >= 0.3 is 0 Å². The molecule has 120 valence electrons. The summed E-state index contributed by atoms with van der Waals surface area (Å²) in [5, 5.41) is 3.50. The van der Waals surface area contributed by atoms with Gasteiger partial charge in [-0.3, -0.25) is 9.80 Å². The first-order valence-electron chi connectivity index (χ1n) is 7.91. The normalized spacial score (nSPS) is 20.9. The van der Waals surface area contributed by atoms with Gasteiger partial charge in [0.25, 0.3) is 0 Å². The van der Waals surface area contributed by atoms with Crippen molar-refractivity contribution < 1.29 is 4.42 Å². The van der Waals surface area contributed by atoms with E-state index in [0.29, 0.717) is 0 Å². The number of furan rings is 1. The summed E-state index contributed by atoms with van der Waals surface area (Å²) in [4.78, 5) is 4.98. The molecule has 1 N–H and O–H groups in total. The second-order valence-electron chi connectivity index (χ2n) is 7.92. The Labute approximate surface area is 129 Å². The van der Waals surface area contributed by atoms with Crippen LogP contribution >= 0.6 is 0 Å². The van der Waals surface area contributed by atoms with E-state index in [2.05, 4.69) is 62.8 Å². The van der Waals surface area contributed by atoms with Gasteiger partial charge in [-0.15, -0.1) is 0 Å². The molecule has 1 saturated heterocycles. The minimum Gasteiger partial charge on any atom is -0.468 e. The van der Waals surface area contributed by atoms with E-state index in [-0.39, 0.29) is 11.1 Å². The van der Waals surface area contributed by atoms with Gasteiger partial charge in [-0.25, -0.2) is 0 Å². The van der Waals surface area contributed by atoms with Crippen molar-refractivity contribution in [3.05, 3.63) is 23.7 Å². The summed E-state index contributed by atoms with van der Waals surface area (Å²) in [6.45, 7) is 16.3. The van der Waals surface area contributed by atoms with Crippen LogP contribution in [0.3, 0.4) is 0 Å². The van der Waals surface area contributed by atoms with E-state index in [1.165, 1.54) is 5.56 Å². The smallest absolute Gasteiger partial charge is 0.122 e. The molecule has 0 aliphatic carbocycles. The molecule has 21 heavy (non-hydrogen) atoms. The molecule has 4 heteroatoms. The number of hydrogen-bond acceptors (Lipinski definition) is 4. The first-order chi connectivity index (χ1) is 9.67. The molecule has 0 amide bonds. The molecule has 1 aromatic rings. The lowest BCUT2D eigenvalue weighted by molar-refractivity contribution is 0.0357. The van der Waals surface area contributed by atoms with Crippen LogP contribution in [0.25, 0.3) is 0 Å². The molecule has 2 heterocycles. The molecule has 0 aromatic carbocycles. The van der Waals surface area contributed by atoms with E-state index in [9.17, 15) is 0 Å². The molecule has 0 radical (unpaired) electrons. The van der Waals surface area contributed by atoms with Crippen molar-refractivity contribution in [3.8, 4) is 0 Å². The van der Waals surface area contributed by atoms with Crippen molar-refractivity contribution in [1.29, 1.82) is 0 Å². The Kier molecular flexibility index (Phi) is 4.81. The highest BCUT2D eigenvalue weighted by Gasteiger charge is 2.31. The number of hydrogen-bond donors (Lipinski definition) is 1. The van der Waals surface area contributed by atoms with Crippen molar-refractivity contribution in [2.75, 3.05) is 26.7 Å². The van der Waals surface area contributed by atoms with Gasteiger partial charge in [-0.1, -0.05) is 0 Å². The topological polar surface area (TPSA) is 31.6 Å². The van der Waals surface area contributed by atoms with Gasteiger partial charge in [-0.05, 0) is 47.7 Å². The van der Waals surface area contributed by atoms with Crippen LogP contribution < -0.4 is 5.32 Å². The van der Waals surface area contributed by atoms with E-state index < -0.39 is 0 Å². The zero-order valence-corrected chi connectivity index (χ0v) is 14.5. The summed E-state index contributed by atoms with van der Waals surface area (Å²) < 4.78 is 5.68. The van der Waals surface area contributed by atoms with Crippen LogP contribution in [-0.4, -0.2) is 47.6 Å². The molecule has 0 unspecified atom stereocenters. The lowest BCUT2D eigenvalue weighted by atomic mass is 9.99. The van der Waals surface area contributed by atoms with Crippen LogP contribution in [0.5, 0.6) is 0 Å². The third kappa shape index (κ3) is 4.56. The predicted molar refractivity (Wildman–Crippen MR) is 87.3 cm³/mol. The second kappa shape index (κ2) is 6.11. The van der Waals surface area contributed by atoms with Crippen molar-refractivity contribution in [1.82, 2.24) is 15.1 Å². The van der Waals surface area contributed by atoms with Gasteiger partial charge < -0.3 is 9.73 Å². The molecule has 0 saturated carbocycles. The molecule has 1 aliphatic heterocycles. The number of piperazine rings is 1. The van der Waals surface area contributed by atoms with Crippen LogP contribution in [0.2, 0.25) is 0 Å². The third-order valence-electron chi connectivity index (χ3n) is 4.41. The Hall–Kier alpha value is -0.840. The molecule has 1 fully saturated rings. The van der Waals surface area contributed by atoms with Crippen LogP contribution in [0, 0.1) is 0 Å². The number of rotatable bonds is 4. The number of nitrogens with one attached hydrogen (secondary N) is 1. The summed E-state index contributed by atoms with van der Waals surface area (Å²) >= 11 is 0. The van der Waals surface area contributed by atoms with Crippen molar-refractivity contribution in [2.45, 2.75) is 58.8 Å². The minimum absolute atomic E-state index is 0.111. The van der Waals surface area contributed by atoms with E-state index in [1.807, 2.05) is 6.26 Å². The molecule has 0 spiro atoms. The Morgan fingerprint density at radius 1 is 1.29 bits per heavy atom. The quantitative estimate of drug-likeness (QED) is 0.925. The molecule has 4 nitrogen and oxygen atoms in total. The van der Waals surface area contributed by atoms with Gasteiger partial charge in [-0.2, -0.15) is 0 Å². The number of nitrogens with zero attached hydrogens (tertiary/aromatic N) is 2. The summed E-state index contributed by atoms with van der Waals surface area (Å²) in [5.74, 6) is 1.07. The van der Waals surface area contributed by atoms with Crippen LogP contribution in [0.4, 0.5) is 0 Å². The molecule has 1 aliphatic rings. The highest BCUT2D eigenvalue weighted by molar-refractivity contribution is 5.17. The van der Waals surface area contributed by atoms with E-state index in [4.69, 9.17) is 4.42 Å². The lowest BCUT2D eigenvalue weighted by Gasteiger charge is -2.45. The standard InChI is InChI=1S/C17H31N3O/c1-16(2,3)18-11-15-14(7-10-21-15)12-20-9-8-19(6)17(4,5)13-20/h7,10,18H,8-9,11-13H2,1-6H3. The van der Waals surface area contributed by atoms with Crippen LogP contribution in [0.1, 0.15) is 45.9 Å². The zero-order chi connectivity index (χ0) is 15.7. The monoisotopic (exact) mass is 293 g/mol. The zero-order valence-electron chi connectivity index (χ0n) is 14.5. The molecule has 0 atom stereocenters. The van der Waals surface area contributed by atoms with Gasteiger partial charge in [0.15, 0.2) is 0 Å². The maximum Gasteiger partial charge on any atom is 0.122 e. The first kappa shape index (κ1) is 16.5. The Balaban J connectivity index is 1.96. The Morgan fingerprint density at radius 3 is 2.62 bits per heavy atom. The Bertz CT molecular complexity index is 459. The second-order valence-corrected chi connectivity index (χ2v) is 7.92. The fourth-order valence-electron chi connectivity index (χ4n) is 2.73. The van der Waals surface area contributed by atoms with Gasteiger partial charge in [0.05, 0.1) is 12.8 Å². The summed E-state index contributed by atoms with van der Waals surface area (Å²) in [6.07, 6.45) is 1.82. The largest absolute Gasteiger partial charge is 0.468 e.